The average Bonchev–Trinajstić information content (AvgIpc) is 2.34. The Kier molecular flexibility index (Phi) is 10.1. The fourth-order valence-corrected chi connectivity index (χ4v) is 2.49. The third-order valence-electron chi connectivity index (χ3n) is 2.76. The number of aliphatic carboxylic acids is 1. The minimum Gasteiger partial charge on any atom is -0.481 e. The highest BCUT2D eigenvalue weighted by Crippen LogP contribution is 2.14. The summed E-state index contributed by atoms with van der Waals surface area (Å²) in [6, 6.07) is -0.336. The number of carboxylic acids is 1. The predicted molar refractivity (Wildman–Crippen MR) is 80.1 cm³/mol. The smallest absolute Gasteiger partial charge is 0.314 e. The second-order valence-electron chi connectivity index (χ2n) is 5.16. The van der Waals surface area contributed by atoms with E-state index in [4.69, 9.17) is 5.11 Å². The molecule has 7 heteroatoms. The molecule has 0 rings (SSSR count). The van der Waals surface area contributed by atoms with Gasteiger partial charge in [-0.15, -0.1) is 0 Å². The average molecular weight is 306 g/mol. The van der Waals surface area contributed by atoms with Crippen LogP contribution < -0.4 is 10.6 Å². The minimum atomic E-state index is -0.892. The van der Waals surface area contributed by atoms with E-state index in [0.29, 0.717) is 30.5 Å². The van der Waals surface area contributed by atoms with Gasteiger partial charge in [-0.25, -0.2) is 4.79 Å². The molecule has 20 heavy (non-hydrogen) atoms. The van der Waals surface area contributed by atoms with Gasteiger partial charge in [0.25, 0.3) is 0 Å². The summed E-state index contributed by atoms with van der Waals surface area (Å²) >= 11 is 0. The first-order chi connectivity index (χ1) is 9.35. The van der Waals surface area contributed by atoms with E-state index >= 15 is 0 Å². The zero-order chi connectivity index (χ0) is 15.5. The molecule has 0 bridgehead atoms. The largest absolute Gasteiger partial charge is 0.481 e. The Morgan fingerprint density at radius 2 is 1.90 bits per heavy atom. The van der Waals surface area contributed by atoms with Gasteiger partial charge < -0.3 is 15.7 Å². The summed E-state index contributed by atoms with van der Waals surface area (Å²) in [7, 11) is -0.892. The highest BCUT2D eigenvalue weighted by Gasteiger charge is 2.15. The summed E-state index contributed by atoms with van der Waals surface area (Å²) in [4.78, 5) is 22.3. The number of hydrogen-bond acceptors (Lipinski definition) is 3. The second kappa shape index (κ2) is 10.7. The first-order valence-corrected chi connectivity index (χ1v) is 8.42. The van der Waals surface area contributed by atoms with Crippen molar-refractivity contribution in [2.75, 3.05) is 24.6 Å². The summed E-state index contributed by atoms with van der Waals surface area (Å²) in [5.41, 5.74) is 0. The number of carbonyl (C=O) groups excluding carboxylic acids is 1. The van der Waals surface area contributed by atoms with E-state index < -0.39 is 16.8 Å². The number of amides is 2. The van der Waals surface area contributed by atoms with Crippen molar-refractivity contribution in [3.8, 4) is 0 Å². The van der Waals surface area contributed by atoms with Crippen LogP contribution in [-0.4, -0.2) is 45.9 Å². The summed E-state index contributed by atoms with van der Waals surface area (Å²) in [6.45, 7) is 6.58. The van der Waals surface area contributed by atoms with E-state index in [0.717, 1.165) is 6.42 Å². The lowest BCUT2D eigenvalue weighted by Gasteiger charge is -2.18. The Balaban J connectivity index is 3.97. The van der Waals surface area contributed by atoms with Gasteiger partial charge in [0.1, 0.15) is 0 Å². The van der Waals surface area contributed by atoms with Crippen LogP contribution >= 0.6 is 0 Å². The number of carbonyl (C=O) groups is 2. The Bertz CT molecular complexity index is 334. The van der Waals surface area contributed by atoms with Crippen LogP contribution in [0.25, 0.3) is 0 Å². The van der Waals surface area contributed by atoms with Crippen molar-refractivity contribution >= 4 is 22.8 Å². The topological polar surface area (TPSA) is 95.5 Å². The zero-order valence-electron chi connectivity index (χ0n) is 12.5. The van der Waals surface area contributed by atoms with Crippen LogP contribution in [0.15, 0.2) is 0 Å². The SMILES string of the molecule is CCS(=O)CCNC(=O)NCC(CC(=O)O)CC(C)C. The molecule has 0 aromatic rings. The van der Waals surface area contributed by atoms with Gasteiger partial charge in [-0.3, -0.25) is 9.00 Å². The van der Waals surface area contributed by atoms with Gasteiger partial charge in [-0.05, 0) is 18.3 Å². The normalized spacial score (nSPS) is 13.8. The maximum atomic E-state index is 11.5. The summed E-state index contributed by atoms with van der Waals surface area (Å²) in [5, 5.41) is 14.1. The first kappa shape index (κ1) is 18.9. The Labute approximate surface area is 123 Å². The molecule has 6 nitrogen and oxygen atoms in total. The van der Waals surface area contributed by atoms with Gasteiger partial charge in [0.05, 0.1) is 0 Å². The fraction of sp³-hybridized carbons (Fsp3) is 0.846. The third kappa shape index (κ3) is 10.8. The van der Waals surface area contributed by atoms with Crippen LogP contribution in [-0.2, 0) is 15.6 Å². The van der Waals surface area contributed by atoms with Crippen LogP contribution in [0.2, 0.25) is 0 Å². The lowest BCUT2D eigenvalue weighted by Crippen LogP contribution is -2.40. The molecular formula is C13H26N2O4S. The van der Waals surface area contributed by atoms with Crippen LogP contribution in [0.1, 0.15) is 33.6 Å². The van der Waals surface area contributed by atoms with E-state index in [1.807, 2.05) is 20.8 Å². The lowest BCUT2D eigenvalue weighted by atomic mass is 9.94. The molecule has 0 saturated carbocycles. The van der Waals surface area contributed by atoms with Crippen LogP contribution in [0.3, 0.4) is 0 Å². The number of carboxylic acid groups (broad SMARTS) is 1. The van der Waals surface area contributed by atoms with Gasteiger partial charge >= 0.3 is 12.0 Å². The highest BCUT2D eigenvalue weighted by atomic mass is 32.2. The van der Waals surface area contributed by atoms with E-state index in [9.17, 15) is 13.8 Å². The molecule has 0 aliphatic rings. The summed E-state index contributed by atoms with van der Waals surface area (Å²) in [6.07, 6.45) is 0.810. The molecule has 0 spiro atoms. The number of urea groups is 1. The van der Waals surface area contributed by atoms with Gasteiger partial charge in [-0.2, -0.15) is 0 Å². The molecule has 118 valence electrons. The minimum absolute atomic E-state index is 0.0539. The van der Waals surface area contributed by atoms with E-state index in [1.165, 1.54) is 0 Å². The fourth-order valence-electron chi connectivity index (χ4n) is 1.87. The molecule has 0 aromatic carbocycles. The second-order valence-corrected chi connectivity index (χ2v) is 7.03. The molecular weight excluding hydrogens is 280 g/mol. The standard InChI is InChI=1S/C13H26N2O4S/c1-4-20(19)6-5-14-13(18)15-9-11(7-10(2)3)8-12(16)17/h10-11H,4-9H2,1-3H3,(H,16,17)(H2,14,15,18). The molecule has 3 N–H and O–H groups in total. The Morgan fingerprint density at radius 3 is 2.40 bits per heavy atom. The van der Waals surface area contributed by atoms with Gasteiger partial charge in [-0.1, -0.05) is 20.8 Å². The quantitative estimate of drug-likeness (QED) is 0.565. The monoisotopic (exact) mass is 306 g/mol. The molecule has 2 atom stereocenters. The molecule has 0 aromatic heterocycles. The van der Waals surface area contributed by atoms with Gasteiger partial charge in [0.15, 0.2) is 0 Å². The number of nitrogens with one attached hydrogen (secondary N) is 2. The molecule has 0 heterocycles. The molecule has 0 saturated heterocycles. The third-order valence-corrected chi connectivity index (χ3v) is 4.06. The van der Waals surface area contributed by atoms with Crippen molar-refractivity contribution in [1.29, 1.82) is 0 Å². The van der Waals surface area contributed by atoms with E-state index in [2.05, 4.69) is 10.6 Å². The molecule has 0 radical (unpaired) electrons. The number of hydrogen-bond donors (Lipinski definition) is 3. The van der Waals surface area contributed by atoms with Crippen molar-refractivity contribution in [1.82, 2.24) is 10.6 Å². The van der Waals surface area contributed by atoms with Gasteiger partial charge in [0, 0.05) is 41.8 Å². The lowest BCUT2D eigenvalue weighted by molar-refractivity contribution is -0.138. The molecule has 0 aliphatic carbocycles. The van der Waals surface area contributed by atoms with Crippen molar-refractivity contribution in [2.24, 2.45) is 11.8 Å². The summed E-state index contributed by atoms with van der Waals surface area (Å²) in [5.74, 6) is 0.489. The maximum Gasteiger partial charge on any atom is 0.314 e. The van der Waals surface area contributed by atoms with Crippen molar-refractivity contribution in [3.63, 3.8) is 0 Å². The number of rotatable bonds is 10. The van der Waals surface area contributed by atoms with Crippen LogP contribution in [0.5, 0.6) is 0 Å². The molecule has 0 fully saturated rings. The van der Waals surface area contributed by atoms with Crippen molar-refractivity contribution in [3.05, 3.63) is 0 Å². The van der Waals surface area contributed by atoms with Gasteiger partial charge in [0.2, 0.25) is 0 Å². The molecule has 0 aliphatic heterocycles. The molecule has 2 unspecified atom stereocenters. The molecule has 2 amide bonds. The maximum absolute atomic E-state index is 11.5. The summed E-state index contributed by atoms with van der Waals surface area (Å²) < 4.78 is 11.2. The zero-order valence-corrected chi connectivity index (χ0v) is 13.3. The predicted octanol–water partition coefficient (Wildman–Crippen LogP) is 1.19. The Morgan fingerprint density at radius 1 is 1.25 bits per heavy atom. The van der Waals surface area contributed by atoms with Crippen molar-refractivity contribution < 1.29 is 18.9 Å². The van der Waals surface area contributed by atoms with Crippen LogP contribution in [0.4, 0.5) is 4.79 Å². The van der Waals surface area contributed by atoms with E-state index in [1.54, 1.807) is 0 Å². The van der Waals surface area contributed by atoms with Crippen LogP contribution in [0, 0.1) is 11.8 Å². The first-order valence-electron chi connectivity index (χ1n) is 6.93. The highest BCUT2D eigenvalue weighted by molar-refractivity contribution is 7.84. The Hall–Kier alpha value is -1.11. The van der Waals surface area contributed by atoms with E-state index in [-0.39, 0.29) is 18.4 Å². The van der Waals surface area contributed by atoms with Crippen molar-refractivity contribution in [2.45, 2.75) is 33.6 Å².